The molecule has 102 valence electrons. The number of benzene rings is 1. The zero-order valence-electron chi connectivity index (χ0n) is 10.9. The van der Waals surface area contributed by atoms with E-state index in [2.05, 4.69) is 5.32 Å². The topological polar surface area (TPSA) is 58.6 Å². The molecule has 0 radical (unpaired) electrons. The normalized spacial score (nSPS) is 18.3. The number of nitrogens with zero attached hydrogens (tertiary/aromatic N) is 1. The smallest absolute Gasteiger partial charge is 0.414 e. The summed E-state index contributed by atoms with van der Waals surface area (Å²) in [6.07, 6.45) is 1.34. The van der Waals surface area contributed by atoms with Gasteiger partial charge in [-0.3, -0.25) is 9.69 Å². The van der Waals surface area contributed by atoms with Gasteiger partial charge in [-0.15, -0.1) is 11.8 Å². The summed E-state index contributed by atoms with van der Waals surface area (Å²) in [5.74, 6) is -0.126. The van der Waals surface area contributed by atoms with Gasteiger partial charge >= 0.3 is 6.09 Å². The van der Waals surface area contributed by atoms with E-state index in [1.807, 2.05) is 30.5 Å². The Morgan fingerprint density at radius 1 is 1.47 bits per heavy atom. The quantitative estimate of drug-likeness (QED) is 0.855. The van der Waals surface area contributed by atoms with Gasteiger partial charge in [0.25, 0.3) is 0 Å². The summed E-state index contributed by atoms with van der Waals surface area (Å²) in [4.78, 5) is 25.3. The van der Waals surface area contributed by atoms with Gasteiger partial charge in [0.15, 0.2) is 0 Å². The van der Waals surface area contributed by atoms with Crippen LogP contribution in [0.5, 0.6) is 0 Å². The lowest BCUT2D eigenvalue weighted by molar-refractivity contribution is -0.119. The zero-order valence-corrected chi connectivity index (χ0v) is 11.7. The van der Waals surface area contributed by atoms with Gasteiger partial charge in [0.05, 0.1) is 13.1 Å². The van der Waals surface area contributed by atoms with Gasteiger partial charge in [-0.2, -0.15) is 0 Å². The predicted octanol–water partition coefficient (Wildman–Crippen LogP) is 1.87. The van der Waals surface area contributed by atoms with Gasteiger partial charge in [0.1, 0.15) is 6.10 Å². The van der Waals surface area contributed by atoms with Crippen LogP contribution in [-0.2, 0) is 9.53 Å². The molecule has 1 aromatic carbocycles. The summed E-state index contributed by atoms with van der Waals surface area (Å²) >= 11 is 1.65. The van der Waals surface area contributed by atoms with E-state index in [0.717, 1.165) is 10.6 Å². The van der Waals surface area contributed by atoms with E-state index in [1.165, 1.54) is 6.92 Å². The molecule has 1 saturated heterocycles. The Hall–Kier alpha value is -1.69. The third-order valence-corrected chi connectivity index (χ3v) is 3.58. The molecule has 1 aliphatic heterocycles. The maximum Gasteiger partial charge on any atom is 0.414 e. The van der Waals surface area contributed by atoms with Gasteiger partial charge in [0.2, 0.25) is 5.91 Å². The average molecular weight is 280 g/mol. The molecule has 1 aliphatic rings. The van der Waals surface area contributed by atoms with Crippen LogP contribution < -0.4 is 10.2 Å². The number of carbonyl (C=O) groups is 2. The number of cyclic esters (lactones) is 1. The number of anilines is 1. The molecular formula is C13H16N2O3S. The average Bonchev–Trinajstić information content (AvgIpc) is 2.78. The van der Waals surface area contributed by atoms with Crippen molar-refractivity contribution in [3.05, 3.63) is 24.3 Å². The van der Waals surface area contributed by atoms with Crippen LogP contribution in [0.3, 0.4) is 0 Å². The Kier molecular flexibility index (Phi) is 4.31. The molecule has 1 atom stereocenters. The molecule has 0 spiro atoms. The molecule has 2 rings (SSSR count). The second-order valence-electron chi connectivity index (χ2n) is 4.25. The number of hydrogen-bond donors (Lipinski definition) is 1. The van der Waals surface area contributed by atoms with E-state index in [9.17, 15) is 9.59 Å². The minimum Gasteiger partial charge on any atom is -0.442 e. The third-order valence-electron chi connectivity index (χ3n) is 2.84. The van der Waals surface area contributed by atoms with E-state index in [1.54, 1.807) is 16.7 Å². The van der Waals surface area contributed by atoms with Crippen molar-refractivity contribution >= 4 is 29.4 Å². The number of carbonyl (C=O) groups excluding carboxylic acids is 2. The van der Waals surface area contributed by atoms with Crippen LogP contribution in [0, 0.1) is 0 Å². The molecule has 1 aromatic rings. The van der Waals surface area contributed by atoms with E-state index in [0.29, 0.717) is 13.1 Å². The second kappa shape index (κ2) is 5.97. The maximum absolute atomic E-state index is 11.8. The van der Waals surface area contributed by atoms with Crippen LogP contribution in [0.4, 0.5) is 10.5 Å². The van der Waals surface area contributed by atoms with Gasteiger partial charge in [-0.05, 0) is 30.5 Å². The highest BCUT2D eigenvalue weighted by Crippen LogP contribution is 2.24. The summed E-state index contributed by atoms with van der Waals surface area (Å²) in [6.45, 7) is 2.24. The molecular weight excluding hydrogens is 264 g/mol. The summed E-state index contributed by atoms with van der Waals surface area (Å²) in [5, 5.41) is 2.65. The Balaban J connectivity index is 2.00. The molecule has 1 fully saturated rings. The SMILES string of the molecule is CSc1ccc(N2C[C@H](CNC(C)=O)OC2=O)cc1. The molecule has 2 amide bonds. The molecule has 0 aliphatic carbocycles. The number of hydrogen-bond acceptors (Lipinski definition) is 4. The minimum atomic E-state index is -0.368. The van der Waals surface area contributed by atoms with Crippen LogP contribution in [0.15, 0.2) is 29.2 Å². The zero-order chi connectivity index (χ0) is 13.8. The Morgan fingerprint density at radius 2 is 2.16 bits per heavy atom. The number of rotatable bonds is 4. The van der Waals surface area contributed by atoms with Crippen molar-refractivity contribution in [2.45, 2.75) is 17.9 Å². The highest BCUT2D eigenvalue weighted by molar-refractivity contribution is 7.98. The largest absolute Gasteiger partial charge is 0.442 e. The number of amides is 2. The van der Waals surface area contributed by atoms with E-state index >= 15 is 0 Å². The summed E-state index contributed by atoms with van der Waals surface area (Å²) in [5.41, 5.74) is 0.813. The molecule has 1 heterocycles. The fourth-order valence-corrected chi connectivity index (χ4v) is 2.27. The van der Waals surface area contributed by atoms with Crippen LogP contribution >= 0.6 is 11.8 Å². The molecule has 0 unspecified atom stereocenters. The summed E-state index contributed by atoms with van der Waals surface area (Å²) in [6, 6.07) is 7.73. The molecule has 0 aromatic heterocycles. The van der Waals surface area contributed by atoms with Crippen molar-refractivity contribution in [3.8, 4) is 0 Å². The highest BCUT2D eigenvalue weighted by atomic mass is 32.2. The first kappa shape index (κ1) is 13.7. The first-order valence-corrected chi connectivity index (χ1v) is 7.19. The van der Waals surface area contributed by atoms with Crippen molar-refractivity contribution in [2.75, 3.05) is 24.2 Å². The summed E-state index contributed by atoms with van der Waals surface area (Å²) in [7, 11) is 0. The van der Waals surface area contributed by atoms with E-state index in [-0.39, 0.29) is 18.1 Å². The highest BCUT2D eigenvalue weighted by Gasteiger charge is 2.32. The fraction of sp³-hybridized carbons (Fsp3) is 0.385. The van der Waals surface area contributed by atoms with E-state index < -0.39 is 0 Å². The van der Waals surface area contributed by atoms with Gasteiger partial charge < -0.3 is 10.1 Å². The molecule has 5 nitrogen and oxygen atoms in total. The maximum atomic E-state index is 11.8. The van der Waals surface area contributed by atoms with Crippen molar-refractivity contribution in [1.29, 1.82) is 0 Å². The first-order chi connectivity index (χ1) is 9.10. The third kappa shape index (κ3) is 3.41. The van der Waals surface area contributed by atoms with Gasteiger partial charge in [0, 0.05) is 17.5 Å². The summed E-state index contributed by atoms with van der Waals surface area (Å²) < 4.78 is 5.20. The lowest BCUT2D eigenvalue weighted by Gasteiger charge is -2.13. The number of ether oxygens (including phenoxy) is 1. The Morgan fingerprint density at radius 3 is 2.74 bits per heavy atom. The minimum absolute atomic E-state index is 0.126. The fourth-order valence-electron chi connectivity index (χ4n) is 1.86. The molecule has 6 heteroatoms. The molecule has 0 bridgehead atoms. The standard InChI is InChI=1S/C13H16N2O3S/c1-9(16)14-7-11-8-15(13(17)18-11)10-3-5-12(19-2)6-4-10/h3-6,11H,7-8H2,1-2H3,(H,14,16)/t11-/m0/s1. The predicted molar refractivity (Wildman–Crippen MR) is 74.5 cm³/mol. The van der Waals surface area contributed by atoms with E-state index in [4.69, 9.17) is 4.74 Å². The van der Waals surface area contributed by atoms with Gasteiger partial charge in [-0.25, -0.2) is 4.79 Å². The first-order valence-electron chi connectivity index (χ1n) is 5.97. The van der Waals surface area contributed by atoms with Crippen molar-refractivity contribution < 1.29 is 14.3 Å². The molecule has 1 N–H and O–H groups in total. The molecule has 0 saturated carbocycles. The molecule has 19 heavy (non-hydrogen) atoms. The number of nitrogens with one attached hydrogen (secondary N) is 1. The van der Waals surface area contributed by atoms with Crippen molar-refractivity contribution in [1.82, 2.24) is 5.32 Å². The lowest BCUT2D eigenvalue weighted by Crippen LogP contribution is -2.33. The Bertz CT molecular complexity index is 475. The Labute approximate surface area is 116 Å². The van der Waals surface area contributed by atoms with Gasteiger partial charge in [-0.1, -0.05) is 0 Å². The second-order valence-corrected chi connectivity index (χ2v) is 5.13. The van der Waals surface area contributed by atoms with Crippen molar-refractivity contribution in [3.63, 3.8) is 0 Å². The number of thioether (sulfide) groups is 1. The van der Waals surface area contributed by atoms with Crippen LogP contribution in [0.25, 0.3) is 0 Å². The van der Waals surface area contributed by atoms with Crippen LogP contribution in [0.1, 0.15) is 6.92 Å². The van der Waals surface area contributed by atoms with Crippen LogP contribution in [0.2, 0.25) is 0 Å². The van der Waals surface area contributed by atoms with Crippen molar-refractivity contribution in [2.24, 2.45) is 0 Å². The van der Waals surface area contributed by atoms with Crippen LogP contribution in [-0.4, -0.2) is 37.4 Å². The monoisotopic (exact) mass is 280 g/mol. The lowest BCUT2D eigenvalue weighted by atomic mass is 10.2.